The van der Waals surface area contributed by atoms with E-state index < -0.39 is 23.9 Å². The van der Waals surface area contributed by atoms with Gasteiger partial charge in [0.15, 0.2) is 0 Å². The van der Waals surface area contributed by atoms with E-state index in [1.807, 2.05) is 0 Å². The maximum Gasteiger partial charge on any atom is 0.326 e. The van der Waals surface area contributed by atoms with Crippen LogP contribution in [0.15, 0.2) is 0 Å². The SMILES string of the molecule is CC(=O)N[C@@H](CCC(=O)O)C(=O)O.OCCN(CCO)CCO. The summed E-state index contributed by atoms with van der Waals surface area (Å²) in [5.74, 6) is -2.80. The maximum atomic E-state index is 10.5. The van der Waals surface area contributed by atoms with Gasteiger partial charge in [0.25, 0.3) is 0 Å². The molecule has 0 aliphatic rings. The highest BCUT2D eigenvalue weighted by molar-refractivity contribution is 5.82. The van der Waals surface area contributed by atoms with Crippen LogP contribution in [0.3, 0.4) is 0 Å². The van der Waals surface area contributed by atoms with Crippen molar-refractivity contribution < 1.29 is 39.9 Å². The van der Waals surface area contributed by atoms with E-state index in [1.165, 1.54) is 6.92 Å². The Kier molecular flexibility index (Phi) is 15.5. The van der Waals surface area contributed by atoms with Crippen molar-refractivity contribution in [2.45, 2.75) is 25.8 Å². The molecule has 0 aromatic carbocycles. The van der Waals surface area contributed by atoms with E-state index in [4.69, 9.17) is 25.5 Å². The van der Waals surface area contributed by atoms with Crippen molar-refractivity contribution in [2.24, 2.45) is 0 Å². The molecule has 0 fully saturated rings. The number of nitrogens with one attached hydrogen (secondary N) is 1. The van der Waals surface area contributed by atoms with Crippen molar-refractivity contribution in [3.8, 4) is 0 Å². The van der Waals surface area contributed by atoms with E-state index in [0.717, 1.165) is 0 Å². The second-order valence-electron chi connectivity index (χ2n) is 4.54. The second kappa shape index (κ2) is 15.2. The van der Waals surface area contributed by atoms with E-state index >= 15 is 0 Å². The number of aliphatic hydroxyl groups is 3. The summed E-state index contributed by atoms with van der Waals surface area (Å²) in [6, 6.07) is -1.12. The van der Waals surface area contributed by atoms with Gasteiger partial charge in [-0.05, 0) is 6.42 Å². The van der Waals surface area contributed by atoms with Crippen molar-refractivity contribution in [3.63, 3.8) is 0 Å². The summed E-state index contributed by atoms with van der Waals surface area (Å²) < 4.78 is 0. The summed E-state index contributed by atoms with van der Waals surface area (Å²) in [6.45, 7) is 2.93. The molecule has 0 aromatic rings. The Morgan fingerprint density at radius 2 is 1.39 bits per heavy atom. The first-order chi connectivity index (χ1) is 10.8. The van der Waals surface area contributed by atoms with Gasteiger partial charge < -0.3 is 30.8 Å². The Morgan fingerprint density at radius 3 is 1.65 bits per heavy atom. The molecule has 6 N–H and O–H groups in total. The fraction of sp³-hybridized carbons (Fsp3) is 0.769. The molecule has 10 nitrogen and oxygen atoms in total. The molecule has 23 heavy (non-hydrogen) atoms. The van der Waals surface area contributed by atoms with Crippen LogP contribution < -0.4 is 5.32 Å². The fourth-order valence-electron chi connectivity index (χ4n) is 1.53. The smallest absolute Gasteiger partial charge is 0.326 e. The first-order valence-corrected chi connectivity index (χ1v) is 7.05. The highest BCUT2D eigenvalue weighted by Crippen LogP contribution is 1.97. The lowest BCUT2D eigenvalue weighted by molar-refractivity contribution is -0.142. The van der Waals surface area contributed by atoms with E-state index in [1.54, 1.807) is 4.90 Å². The van der Waals surface area contributed by atoms with Crippen LogP contribution in [-0.2, 0) is 14.4 Å². The Hall–Kier alpha value is -1.75. The molecule has 0 bridgehead atoms. The quantitative estimate of drug-likeness (QED) is 0.243. The molecule has 0 unspecified atom stereocenters. The second-order valence-corrected chi connectivity index (χ2v) is 4.54. The van der Waals surface area contributed by atoms with Crippen molar-refractivity contribution in [3.05, 3.63) is 0 Å². The largest absolute Gasteiger partial charge is 0.481 e. The molecule has 0 spiro atoms. The van der Waals surface area contributed by atoms with E-state index in [9.17, 15) is 14.4 Å². The van der Waals surface area contributed by atoms with Crippen molar-refractivity contribution in [1.82, 2.24) is 10.2 Å². The van der Waals surface area contributed by atoms with Crippen LogP contribution in [-0.4, -0.2) is 93.8 Å². The van der Waals surface area contributed by atoms with Crippen LogP contribution in [0.5, 0.6) is 0 Å². The number of rotatable bonds is 11. The lowest BCUT2D eigenvalue weighted by Crippen LogP contribution is -2.39. The molecule has 0 aliphatic heterocycles. The molecule has 1 amide bonds. The number of aliphatic carboxylic acids is 2. The molecule has 0 rings (SSSR count). The average Bonchev–Trinajstić information content (AvgIpc) is 2.44. The summed E-state index contributed by atoms with van der Waals surface area (Å²) in [5, 5.41) is 44.4. The third-order valence-corrected chi connectivity index (χ3v) is 2.57. The Morgan fingerprint density at radius 1 is 0.957 bits per heavy atom. The van der Waals surface area contributed by atoms with Gasteiger partial charge in [0, 0.05) is 33.0 Å². The van der Waals surface area contributed by atoms with Crippen LogP contribution in [0.2, 0.25) is 0 Å². The summed E-state index contributed by atoms with van der Waals surface area (Å²) in [5.41, 5.74) is 0. The maximum absolute atomic E-state index is 10.5. The summed E-state index contributed by atoms with van der Waals surface area (Å²) >= 11 is 0. The topological polar surface area (TPSA) is 168 Å². The zero-order valence-corrected chi connectivity index (χ0v) is 13.1. The van der Waals surface area contributed by atoms with Gasteiger partial charge in [-0.2, -0.15) is 0 Å². The summed E-state index contributed by atoms with van der Waals surface area (Å²) in [6.07, 6.45) is -0.387. The number of carbonyl (C=O) groups excluding carboxylic acids is 1. The molecule has 1 atom stereocenters. The Bertz CT molecular complexity index is 337. The minimum Gasteiger partial charge on any atom is -0.481 e. The van der Waals surface area contributed by atoms with Crippen LogP contribution in [0.25, 0.3) is 0 Å². The highest BCUT2D eigenvalue weighted by atomic mass is 16.4. The number of aliphatic hydroxyl groups excluding tert-OH is 3. The van der Waals surface area contributed by atoms with Crippen LogP contribution in [0.1, 0.15) is 19.8 Å². The number of carboxylic acids is 2. The number of carbonyl (C=O) groups is 3. The molecule has 0 heterocycles. The molecule has 136 valence electrons. The minimum absolute atomic E-state index is 0.0694. The predicted octanol–water partition coefficient (Wildman–Crippen LogP) is -2.29. The number of amides is 1. The monoisotopic (exact) mass is 338 g/mol. The van der Waals surface area contributed by atoms with Gasteiger partial charge in [-0.15, -0.1) is 0 Å². The summed E-state index contributed by atoms with van der Waals surface area (Å²) in [4.78, 5) is 32.8. The van der Waals surface area contributed by atoms with Crippen LogP contribution in [0.4, 0.5) is 0 Å². The molecular weight excluding hydrogens is 312 g/mol. The van der Waals surface area contributed by atoms with Gasteiger partial charge in [0.1, 0.15) is 6.04 Å². The van der Waals surface area contributed by atoms with Crippen molar-refractivity contribution in [2.75, 3.05) is 39.5 Å². The lowest BCUT2D eigenvalue weighted by atomic mass is 10.1. The molecule has 0 saturated carbocycles. The van der Waals surface area contributed by atoms with Crippen LogP contribution in [0, 0.1) is 0 Å². The van der Waals surface area contributed by atoms with Gasteiger partial charge >= 0.3 is 11.9 Å². The first-order valence-electron chi connectivity index (χ1n) is 7.05. The number of hydrogen-bond donors (Lipinski definition) is 6. The molecule has 10 heteroatoms. The molecule has 0 aliphatic carbocycles. The standard InChI is InChI=1S/C7H11NO5.C6H15NO3/c1-4(9)8-5(7(12)13)2-3-6(10)11;8-4-1-7(2-5-9)3-6-10/h5H,2-3H2,1H3,(H,8,9)(H,10,11)(H,12,13);8-10H,1-6H2/t5-;/m0./s1. The lowest BCUT2D eigenvalue weighted by Gasteiger charge is -2.17. The highest BCUT2D eigenvalue weighted by Gasteiger charge is 2.18. The normalized spacial score (nSPS) is 11.3. The molecule has 0 saturated heterocycles. The van der Waals surface area contributed by atoms with E-state index in [2.05, 4.69) is 5.32 Å². The van der Waals surface area contributed by atoms with E-state index in [-0.39, 0.29) is 32.7 Å². The van der Waals surface area contributed by atoms with Gasteiger partial charge in [-0.1, -0.05) is 0 Å². The predicted molar refractivity (Wildman–Crippen MR) is 79.8 cm³/mol. The number of nitrogens with zero attached hydrogens (tertiary/aromatic N) is 1. The van der Waals surface area contributed by atoms with Crippen LogP contribution >= 0.6 is 0 Å². The zero-order chi connectivity index (χ0) is 18.3. The van der Waals surface area contributed by atoms with E-state index in [0.29, 0.717) is 19.6 Å². The van der Waals surface area contributed by atoms with Gasteiger partial charge in [-0.25, -0.2) is 4.79 Å². The zero-order valence-electron chi connectivity index (χ0n) is 13.1. The van der Waals surface area contributed by atoms with Gasteiger partial charge in [0.2, 0.25) is 5.91 Å². The van der Waals surface area contributed by atoms with Gasteiger partial charge in [-0.3, -0.25) is 14.5 Å². The fourth-order valence-corrected chi connectivity index (χ4v) is 1.53. The third-order valence-electron chi connectivity index (χ3n) is 2.57. The average molecular weight is 338 g/mol. The van der Waals surface area contributed by atoms with Gasteiger partial charge in [0.05, 0.1) is 19.8 Å². The van der Waals surface area contributed by atoms with Crippen molar-refractivity contribution in [1.29, 1.82) is 0 Å². The minimum atomic E-state index is -1.23. The number of carboxylic acid groups (broad SMARTS) is 2. The Labute approximate surface area is 134 Å². The molecular formula is C13H26N2O8. The third kappa shape index (κ3) is 16.4. The first kappa shape index (κ1) is 23.5. The van der Waals surface area contributed by atoms with Crippen molar-refractivity contribution >= 4 is 17.8 Å². The number of hydrogen-bond acceptors (Lipinski definition) is 7. The molecule has 0 radical (unpaired) electrons. The Balaban J connectivity index is 0. The molecule has 0 aromatic heterocycles. The summed E-state index contributed by atoms with van der Waals surface area (Å²) in [7, 11) is 0.